The molecule has 0 bridgehead atoms. The molecule has 96 valence electrons. The number of aromatic nitrogens is 1. The molecule has 1 nitrogen and oxygen atoms in total. The molecule has 1 aromatic carbocycles. The first-order valence-electron chi connectivity index (χ1n) is 5.84. The van der Waals surface area contributed by atoms with Crippen molar-refractivity contribution in [2.24, 2.45) is 0 Å². The Morgan fingerprint density at radius 1 is 1.28 bits per heavy atom. The fourth-order valence-electron chi connectivity index (χ4n) is 1.83. The van der Waals surface area contributed by atoms with Crippen molar-refractivity contribution in [1.29, 1.82) is 0 Å². The minimum atomic E-state index is 0.338. The largest absolute Gasteiger partial charge is 0.246 e. The van der Waals surface area contributed by atoms with Crippen molar-refractivity contribution in [3.8, 4) is 0 Å². The molecule has 0 amide bonds. The maximum absolute atomic E-state index is 6.10. The van der Waals surface area contributed by atoms with Gasteiger partial charge in [-0.15, -0.1) is 22.9 Å². The summed E-state index contributed by atoms with van der Waals surface area (Å²) in [5.41, 5.74) is 2.41. The maximum Gasteiger partial charge on any atom is 0.0937 e. The Labute approximate surface area is 125 Å². The molecular formula is C14H15BrClNS. The smallest absolute Gasteiger partial charge is 0.0937 e. The number of hydrogen-bond donors (Lipinski definition) is 0. The van der Waals surface area contributed by atoms with E-state index in [0.29, 0.717) is 11.8 Å². The predicted molar refractivity (Wildman–Crippen MR) is 82.9 cm³/mol. The number of benzene rings is 1. The lowest BCUT2D eigenvalue weighted by Crippen LogP contribution is -2.04. The van der Waals surface area contributed by atoms with Gasteiger partial charge in [-0.25, -0.2) is 4.98 Å². The zero-order valence-electron chi connectivity index (χ0n) is 10.4. The molecule has 2 rings (SSSR count). The number of nitrogens with zero attached hydrogens (tertiary/aromatic N) is 1. The van der Waals surface area contributed by atoms with Crippen LogP contribution in [-0.2, 0) is 6.42 Å². The fourth-order valence-corrected chi connectivity index (χ4v) is 3.40. The molecule has 0 aliphatic carbocycles. The van der Waals surface area contributed by atoms with Gasteiger partial charge >= 0.3 is 0 Å². The molecule has 1 heterocycles. The van der Waals surface area contributed by atoms with Crippen LogP contribution in [0.2, 0.25) is 0 Å². The van der Waals surface area contributed by atoms with Crippen molar-refractivity contribution in [2.45, 2.75) is 26.2 Å². The van der Waals surface area contributed by atoms with Gasteiger partial charge in [-0.3, -0.25) is 0 Å². The van der Waals surface area contributed by atoms with Crippen LogP contribution in [0.4, 0.5) is 0 Å². The number of hydrogen-bond acceptors (Lipinski definition) is 2. The van der Waals surface area contributed by atoms with Crippen molar-refractivity contribution in [2.75, 3.05) is 5.88 Å². The van der Waals surface area contributed by atoms with Crippen LogP contribution in [0.3, 0.4) is 0 Å². The highest BCUT2D eigenvalue weighted by Crippen LogP contribution is 2.27. The van der Waals surface area contributed by atoms with Crippen LogP contribution in [-0.4, -0.2) is 10.9 Å². The molecule has 0 N–H and O–H groups in total. The van der Waals surface area contributed by atoms with Gasteiger partial charge in [0.1, 0.15) is 0 Å². The van der Waals surface area contributed by atoms with E-state index in [1.165, 1.54) is 15.4 Å². The Balaban J connectivity index is 2.16. The topological polar surface area (TPSA) is 12.9 Å². The summed E-state index contributed by atoms with van der Waals surface area (Å²) in [7, 11) is 0. The normalized spacial score (nSPS) is 12.7. The van der Waals surface area contributed by atoms with Crippen molar-refractivity contribution in [1.82, 2.24) is 4.98 Å². The monoisotopic (exact) mass is 343 g/mol. The summed E-state index contributed by atoms with van der Waals surface area (Å²) in [4.78, 5) is 5.89. The zero-order valence-corrected chi connectivity index (χ0v) is 13.6. The van der Waals surface area contributed by atoms with Gasteiger partial charge in [0, 0.05) is 27.6 Å². The molecule has 0 radical (unpaired) electrons. The third-order valence-electron chi connectivity index (χ3n) is 3.02. The number of alkyl halides is 1. The minimum absolute atomic E-state index is 0.338. The molecular weight excluding hydrogens is 330 g/mol. The van der Waals surface area contributed by atoms with Gasteiger partial charge in [0.25, 0.3) is 0 Å². The van der Waals surface area contributed by atoms with E-state index in [4.69, 9.17) is 11.6 Å². The van der Waals surface area contributed by atoms with E-state index in [-0.39, 0.29) is 0 Å². The SMILES string of the molecule is Cc1nc(CC(CCl)c2ccc(Br)cc2)sc1C. The van der Waals surface area contributed by atoms with E-state index >= 15 is 0 Å². The Kier molecular flexibility index (Phi) is 4.82. The van der Waals surface area contributed by atoms with E-state index in [9.17, 15) is 0 Å². The van der Waals surface area contributed by atoms with Gasteiger partial charge in [0.05, 0.1) is 10.7 Å². The molecule has 0 aliphatic heterocycles. The summed E-state index contributed by atoms with van der Waals surface area (Å²) >= 11 is 11.3. The van der Waals surface area contributed by atoms with E-state index in [2.05, 4.69) is 59.0 Å². The quantitative estimate of drug-likeness (QED) is 0.704. The van der Waals surface area contributed by atoms with Gasteiger partial charge < -0.3 is 0 Å². The first kappa shape index (κ1) is 14.0. The maximum atomic E-state index is 6.10. The third kappa shape index (κ3) is 3.34. The van der Waals surface area contributed by atoms with Gasteiger partial charge in [-0.05, 0) is 31.5 Å². The number of aryl methyl sites for hydroxylation is 2. The van der Waals surface area contributed by atoms with Crippen molar-refractivity contribution < 1.29 is 0 Å². The lowest BCUT2D eigenvalue weighted by atomic mass is 9.98. The molecule has 0 aliphatic rings. The summed E-state index contributed by atoms with van der Waals surface area (Å²) in [5.74, 6) is 0.962. The fraction of sp³-hybridized carbons (Fsp3) is 0.357. The molecule has 1 unspecified atom stereocenters. The number of halogens is 2. The zero-order chi connectivity index (χ0) is 13.1. The average molecular weight is 345 g/mol. The molecule has 18 heavy (non-hydrogen) atoms. The molecule has 0 saturated heterocycles. The Hall–Kier alpha value is -0.380. The first-order chi connectivity index (χ1) is 8.60. The van der Waals surface area contributed by atoms with Crippen molar-refractivity contribution >= 4 is 38.9 Å². The lowest BCUT2D eigenvalue weighted by Gasteiger charge is -2.12. The van der Waals surface area contributed by atoms with Crippen LogP contribution < -0.4 is 0 Å². The van der Waals surface area contributed by atoms with Gasteiger partial charge in [-0.1, -0.05) is 28.1 Å². The second kappa shape index (κ2) is 6.18. The molecule has 0 fully saturated rings. The van der Waals surface area contributed by atoms with E-state index in [1.807, 2.05) is 0 Å². The standard InChI is InChI=1S/C14H15BrClNS/c1-9-10(2)18-14(17-9)7-12(8-16)11-3-5-13(15)6-4-11/h3-6,12H,7-8H2,1-2H3. The van der Waals surface area contributed by atoms with Crippen LogP contribution in [0, 0.1) is 13.8 Å². The number of rotatable bonds is 4. The lowest BCUT2D eigenvalue weighted by molar-refractivity contribution is 0.759. The molecule has 0 saturated carbocycles. The predicted octanol–water partition coefficient (Wildman–Crippen LogP) is 5.09. The van der Waals surface area contributed by atoms with E-state index in [0.717, 1.165) is 16.6 Å². The second-order valence-electron chi connectivity index (χ2n) is 4.36. The molecule has 2 aromatic rings. The Morgan fingerprint density at radius 3 is 2.44 bits per heavy atom. The average Bonchev–Trinajstić information content (AvgIpc) is 2.67. The summed E-state index contributed by atoms with van der Waals surface area (Å²) in [6.45, 7) is 4.18. The van der Waals surface area contributed by atoms with Crippen LogP contribution in [0.5, 0.6) is 0 Å². The number of thiazole rings is 1. The van der Waals surface area contributed by atoms with Gasteiger partial charge in [-0.2, -0.15) is 0 Å². The summed E-state index contributed by atoms with van der Waals surface area (Å²) in [6, 6.07) is 8.38. The first-order valence-corrected chi connectivity index (χ1v) is 7.99. The molecule has 4 heteroatoms. The van der Waals surface area contributed by atoms with E-state index in [1.54, 1.807) is 11.3 Å². The van der Waals surface area contributed by atoms with E-state index < -0.39 is 0 Å². The van der Waals surface area contributed by atoms with Crippen LogP contribution in [0.15, 0.2) is 28.7 Å². The summed E-state index contributed by atoms with van der Waals surface area (Å²) in [5, 5.41) is 1.18. The Bertz CT molecular complexity index is 502. The minimum Gasteiger partial charge on any atom is -0.246 e. The summed E-state index contributed by atoms with van der Waals surface area (Å²) < 4.78 is 1.10. The highest BCUT2D eigenvalue weighted by Gasteiger charge is 2.14. The molecule has 0 spiro atoms. The van der Waals surface area contributed by atoms with Crippen molar-refractivity contribution in [3.63, 3.8) is 0 Å². The van der Waals surface area contributed by atoms with Crippen LogP contribution in [0.25, 0.3) is 0 Å². The van der Waals surface area contributed by atoms with Crippen LogP contribution in [0.1, 0.15) is 27.1 Å². The highest BCUT2D eigenvalue weighted by atomic mass is 79.9. The Morgan fingerprint density at radius 2 is 1.94 bits per heavy atom. The highest BCUT2D eigenvalue weighted by molar-refractivity contribution is 9.10. The van der Waals surface area contributed by atoms with Gasteiger partial charge in [0.15, 0.2) is 0 Å². The van der Waals surface area contributed by atoms with Crippen molar-refractivity contribution in [3.05, 3.63) is 49.9 Å². The third-order valence-corrected chi connectivity index (χ3v) is 5.02. The van der Waals surface area contributed by atoms with Crippen LogP contribution >= 0.6 is 38.9 Å². The second-order valence-corrected chi connectivity index (χ2v) is 6.87. The van der Waals surface area contributed by atoms with Gasteiger partial charge in [0.2, 0.25) is 0 Å². The molecule has 1 atom stereocenters. The summed E-state index contributed by atoms with van der Waals surface area (Å²) in [6.07, 6.45) is 0.921. The molecule has 1 aromatic heterocycles.